The van der Waals surface area contributed by atoms with Gasteiger partial charge in [-0.1, -0.05) is 27.7 Å². The Morgan fingerprint density at radius 3 is 2.00 bits per heavy atom. The van der Waals surface area contributed by atoms with E-state index in [4.69, 9.17) is 4.63 Å². The molecule has 154 valence electrons. The molecule has 2 aromatic rings. The average Bonchev–Trinajstić information content (AvgIpc) is 3.08. The molecular formula is C20H30N4O3S. The molecule has 0 spiro atoms. The fraction of sp³-hybridized carbons (Fsp3) is 0.700. The van der Waals surface area contributed by atoms with Crippen LogP contribution in [0, 0.1) is 23.7 Å². The van der Waals surface area contributed by atoms with Gasteiger partial charge in [-0.2, -0.15) is 4.31 Å². The van der Waals surface area contributed by atoms with E-state index in [0.717, 1.165) is 25.2 Å². The van der Waals surface area contributed by atoms with E-state index in [1.807, 2.05) is 6.07 Å². The van der Waals surface area contributed by atoms with Crippen molar-refractivity contribution in [1.82, 2.24) is 14.6 Å². The van der Waals surface area contributed by atoms with Crippen LogP contribution < -0.4 is 4.90 Å². The van der Waals surface area contributed by atoms with Crippen LogP contribution in [0.2, 0.25) is 0 Å². The maximum atomic E-state index is 13.4. The number of anilines is 1. The Bertz CT molecular complexity index is 938. The van der Waals surface area contributed by atoms with Gasteiger partial charge >= 0.3 is 0 Å². The van der Waals surface area contributed by atoms with Crippen LogP contribution in [0.15, 0.2) is 21.7 Å². The van der Waals surface area contributed by atoms with Gasteiger partial charge < -0.3 is 4.90 Å². The van der Waals surface area contributed by atoms with Gasteiger partial charge in [-0.05, 0) is 59.0 Å². The van der Waals surface area contributed by atoms with E-state index in [1.165, 1.54) is 6.42 Å². The fourth-order valence-electron chi connectivity index (χ4n) is 5.09. The van der Waals surface area contributed by atoms with Gasteiger partial charge in [0.1, 0.15) is 4.90 Å². The van der Waals surface area contributed by atoms with Crippen LogP contribution in [0.1, 0.15) is 40.5 Å². The van der Waals surface area contributed by atoms with Crippen LogP contribution in [0.25, 0.3) is 11.0 Å². The van der Waals surface area contributed by atoms with Gasteiger partial charge in [0.15, 0.2) is 11.0 Å². The summed E-state index contributed by atoms with van der Waals surface area (Å²) in [5.41, 5.74) is 1.80. The molecule has 0 amide bonds. The van der Waals surface area contributed by atoms with Gasteiger partial charge in [-0.3, -0.25) is 0 Å². The molecule has 3 heterocycles. The SMILES string of the molecule is C[C@@H]1C[C@H](C)CN(S(=O)(=O)c2ccc(N3C[C@@H](C)C[C@H](C)C3)c3nonc23)C1. The standard InChI is InChI=1S/C20H30N4O3S/c1-13-7-14(2)10-23(9-13)17-5-6-18(20-19(17)21-27-22-20)28(25,26)24-11-15(3)8-16(4)12-24/h5-6,13-16H,7-12H2,1-4H3/t13-,14-,15-,16+/m0/s1. The predicted molar refractivity (Wildman–Crippen MR) is 109 cm³/mol. The Morgan fingerprint density at radius 1 is 0.857 bits per heavy atom. The molecule has 8 heteroatoms. The van der Waals surface area contributed by atoms with Gasteiger partial charge in [-0.15, -0.1) is 0 Å². The Hall–Kier alpha value is -1.67. The third-order valence-electron chi connectivity index (χ3n) is 6.02. The van der Waals surface area contributed by atoms with Gasteiger partial charge in [-0.25, -0.2) is 13.0 Å². The fourth-order valence-corrected chi connectivity index (χ4v) is 6.89. The summed E-state index contributed by atoms with van der Waals surface area (Å²) in [6.07, 6.45) is 2.26. The summed E-state index contributed by atoms with van der Waals surface area (Å²) < 4.78 is 33.4. The molecule has 0 aliphatic carbocycles. The number of nitrogens with zero attached hydrogens (tertiary/aromatic N) is 4. The lowest BCUT2D eigenvalue weighted by atomic mass is 9.91. The highest BCUT2D eigenvalue weighted by atomic mass is 32.2. The highest BCUT2D eigenvalue weighted by molar-refractivity contribution is 7.89. The van der Waals surface area contributed by atoms with Crippen molar-refractivity contribution in [3.8, 4) is 0 Å². The van der Waals surface area contributed by atoms with Crippen molar-refractivity contribution in [2.75, 3.05) is 31.1 Å². The first-order chi connectivity index (χ1) is 13.3. The minimum absolute atomic E-state index is 0.201. The average molecular weight is 407 g/mol. The van der Waals surface area contributed by atoms with E-state index in [9.17, 15) is 8.42 Å². The molecule has 0 N–H and O–H groups in total. The van der Waals surface area contributed by atoms with Crippen LogP contribution >= 0.6 is 0 Å². The lowest BCUT2D eigenvalue weighted by molar-refractivity contribution is 0.222. The van der Waals surface area contributed by atoms with E-state index in [2.05, 4.69) is 42.9 Å². The van der Waals surface area contributed by atoms with Crippen LogP contribution in [0.5, 0.6) is 0 Å². The summed E-state index contributed by atoms with van der Waals surface area (Å²) in [6.45, 7) is 11.7. The van der Waals surface area contributed by atoms with Crippen molar-refractivity contribution in [2.24, 2.45) is 23.7 Å². The molecule has 7 nitrogen and oxygen atoms in total. The Morgan fingerprint density at radius 2 is 1.39 bits per heavy atom. The second-order valence-corrected chi connectivity index (χ2v) is 11.1. The first kappa shape index (κ1) is 19.6. The van der Waals surface area contributed by atoms with Gasteiger partial charge in [0, 0.05) is 26.2 Å². The van der Waals surface area contributed by atoms with E-state index >= 15 is 0 Å². The molecule has 2 saturated heterocycles. The second kappa shape index (κ2) is 7.30. The van der Waals surface area contributed by atoms with Crippen molar-refractivity contribution in [3.05, 3.63) is 12.1 Å². The van der Waals surface area contributed by atoms with Crippen molar-refractivity contribution in [3.63, 3.8) is 0 Å². The third kappa shape index (κ3) is 3.52. The monoisotopic (exact) mass is 406 g/mol. The van der Waals surface area contributed by atoms with Gasteiger partial charge in [0.25, 0.3) is 0 Å². The molecule has 0 radical (unpaired) electrons. The largest absolute Gasteiger partial charge is 0.369 e. The zero-order valence-electron chi connectivity index (χ0n) is 17.1. The molecule has 28 heavy (non-hydrogen) atoms. The number of sulfonamides is 1. The van der Waals surface area contributed by atoms with Gasteiger partial charge in [0.05, 0.1) is 5.69 Å². The number of aromatic nitrogens is 2. The Labute approximate surface area is 167 Å². The maximum Gasteiger partial charge on any atom is 0.245 e. The first-order valence-corrected chi connectivity index (χ1v) is 11.7. The minimum atomic E-state index is -3.64. The number of benzene rings is 1. The normalized spacial score (nSPS) is 30.1. The summed E-state index contributed by atoms with van der Waals surface area (Å²) >= 11 is 0. The number of fused-ring (bicyclic) bond motifs is 1. The van der Waals surface area contributed by atoms with Crippen molar-refractivity contribution in [1.29, 1.82) is 0 Å². The lowest BCUT2D eigenvalue weighted by Gasteiger charge is -2.36. The molecule has 2 fully saturated rings. The highest BCUT2D eigenvalue weighted by Crippen LogP contribution is 2.35. The Balaban J connectivity index is 1.73. The molecule has 1 aromatic carbocycles. The number of rotatable bonds is 3. The predicted octanol–water partition coefficient (Wildman–Crippen LogP) is 3.37. The molecule has 0 unspecified atom stereocenters. The van der Waals surface area contributed by atoms with Crippen LogP contribution in [-0.4, -0.2) is 49.2 Å². The maximum absolute atomic E-state index is 13.4. The van der Waals surface area contributed by atoms with E-state index < -0.39 is 10.0 Å². The molecule has 0 saturated carbocycles. The number of hydrogen-bond acceptors (Lipinski definition) is 6. The molecule has 1 aromatic heterocycles. The molecule has 4 atom stereocenters. The van der Waals surface area contributed by atoms with Crippen molar-refractivity contribution >= 4 is 26.7 Å². The van der Waals surface area contributed by atoms with Crippen molar-refractivity contribution in [2.45, 2.75) is 45.4 Å². The molecule has 0 bridgehead atoms. The summed E-state index contributed by atoms with van der Waals surface area (Å²) in [7, 11) is -3.64. The molecular weight excluding hydrogens is 376 g/mol. The molecule has 2 aliphatic heterocycles. The topological polar surface area (TPSA) is 79.5 Å². The smallest absolute Gasteiger partial charge is 0.245 e. The van der Waals surface area contributed by atoms with E-state index in [0.29, 0.717) is 47.8 Å². The van der Waals surface area contributed by atoms with Crippen LogP contribution in [0.4, 0.5) is 5.69 Å². The number of piperidine rings is 2. The first-order valence-electron chi connectivity index (χ1n) is 10.3. The third-order valence-corrected chi connectivity index (χ3v) is 7.88. The zero-order chi connectivity index (χ0) is 20.1. The molecule has 2 aliphatic rings. The number of hydrogen-bond donors (Lipinski definition) is 0. The van der Waals surface area contributed by atoms with Crippen LogP contribution in [0.3, 0.4) is 0 Å². The van der Waals surface area contributed by atoms with E-state index in [1.54, 1.807) is 10.4 Å². The van der Waals surface area contributed by atoms with Gasteiger partial charge in [0.2, 0.25) is 10.0 Å². The quantitative estimate of drug-likeness (QED) is 0.777. The second-order valence-electron chi connectivity index (χ2n) is 9.16. The molecule has 4 rings (SSSR count). The Kier molecular flexibility index (Phi) is 5.12. The highest BCUT2D eigenvalue weighted by Gasteiger charge is 2.35. The summed E-state index contributed by atoms with van der Waals surface area (Å²) in [6, 6.07) is 3.56. The zero-order valence-corrected chi connectivity index (χ0v) is 17.9. The summed E-state index contributed by atoms with van der Waals surface area (Å²) in [5, 5.41) is 8.08. The minimum Gasteiger partial charge on any atom is -0.369 e. The lowest BCUT2D eigenvalue weighted by Crippen LogP contribution is -2.42. The summed E-state index contributed by atoms with van der Waals surface area (Å²) in [4.78, 5) is 2.49. The van der Waals surface area contributed by atoms with Crippen LogP contribution in [-0.2, 0) is 10.0 Å². The van der Waals surface area contributed by atoms with Crippen molar-refractivity contribution < 1.29 is 13.0 Å². The van der Waals surface area contributed by atoms with E-state index in [-0.39, 0.29) is 4.90 Å². The summed E-state index contributed by atoms with van der Waals surface area (Å²) in [5.74, 6) is 1.86.